The Labute approximate surface area is 119 Å². The van der Waals surface area contributed by atoms with Crippen molar-refractivity contribution in [2.45, 2.75) is 32.1 Å². The minimum Gasteiger partial charge on any atom is -0.207 e. The van der Waals surface area contributed by atoms with Crippen molar-refractivity contribution >= 4 is 10.0 Å². The van der Waals surface area contributed by atoms with Gasteiger partial charge in [-0.05, 0) is 30.5 Å². The molecule has 0 aromatic heterocycles. The van der Waals surface area contributed by atoms with Crippen molar-refractivity contribution in [2.24, 2.45) is 5.92 Å². The molecule has 6 heteroatoms. The Hall–Kier alpha value is -1.45. The van der Waals surface area contributed by atoms with Crippen LogP contribution in [0.25, 0.3) is 0 Å². The predicted octanol–water partition coefficient (Wildman–Crippen LogP) is 2.69. The molecule has 4 nitrogen and oxygen atoms in total. The van der Waals surface area contributed by atoms with Crippen LogP contribution >= 0.6 is 0 Å². The molecule has 0 spiro atoms. The van der Waals surface area contributed by atoms with Crippen molar-refractivity contribution < 1.29 is 12.8 Å². The molecule has 0 saturated heterocycles. The van der Waals surface area contributed by atoms with Gasteiger partial charge in [-0.2, -0.15) is 9.57 Å². The first-order valence-electron chi connectivity index (χ1n) is 6.42. The zero-order valence-electron chi connectivity index (χ0n) is 11.9. The average Bonchev–Trinajstić information content (AvgIpc) is 2.36. The summed E-state index contributed by atoms with van der Waals surface area (Å²) in [5.41, 5.74) is 0.497. The van der Waals surface area contributed by atoms with Crippen molar-refractivity contribution in [2.75, 3.05) is 13.1 Å². The Kier molecular flexibility index (Phi) is 5.66. The van der Waals surface area contributed by atoms with Gasteiger partial charge in [0.1, 0.15) is 5.82 Å². The highest BCUT2D eigenvalue weighted by Crippen LogP contribution is 2.22. The van der Waals surface area contributed by atoms with Gasteiger partial charge in [-0.15, -0.1) is 0 Å². The molecule has 0 aliphatic rings. The van der Waals surface area contributed by atoms with E-state index in [1.54, 1.807) is 6.92 Å². The Balaban J connectivity index is 3.21. The summed E-state index contributed by atoms with van der Waals surface area (Å²) >= 11 is 0. The Morgan fingerprint density at radius 3 is 2.60 bits per heavy atom. The maximum absolute atomic E-state index is 13.3. The number of hydrogen-bond donors (Lipinski definition) is 0. The molecule has 1 rings (SSSR count). The number of sulfonamides is 1. The number of benzene rings is 1. The molecular formula is C14H19FN2O2S. The van der Waals surface area contributed by atoms with E-state index in [1.165, 1.54) is 16.4 Å². The third kappa shape index (κ3) is 4.02. The maximum atomic E-state index is 13.3. The fourth-order valence-electron chi connectivity index (χ4n) is 1.88. The topological polar surface area (TPSA) is 61.2 Å². The van der Waals surface area contributed by atoms with E-state index in [1.807, 2.05) is 19.9 Å². The summed E-state index contributed by atoms with van der Waals surface area (Å²) in [6.07, 6.45) is 0.111. The van der Waals surface area contributed by atoms with Crippen molar-refractivity contribution in [3.8, 4) is 6.07 Å². The average molecular weight is 298 g/mol. The third-order valence-electron chi connectivity index (χ3n) is 2.81. The van der Waals surface area contributed by atoms with Gasteiger partial charge in [0, 0.05) is 19.5 Å². The van der Waals surface area contributed by atoms with E-state index in [9.17, 15) is 12.8 Å². The van der Waals surface area contributed by atoms with Crippen molar-refractivity contribution in [3.05, 3.63) is 29.6 Å². The molecule has 0 unspecified atom stereocenters. The highest BCUT2D eigenvalue weighted by molar-refractivity contribution is 7.89. The smallest absolute Gasteiger partial charge is 0.207 e. The SMILES string of the molecule is Cc1ccc(F)cc1S(=O)(=O)N(CCC#N)CC(C)C. The van der Waals surface area contributed by atoms with Gasteiger partial charge in [-0.1, -0.05) is 19.9 Å². The standard InChI is InChI=1S/C14H19FN2O2S/c1-11(2)10-17(8-4-7-16)20(18,19)14-9-13(15)6-5-12(14)3/h5-6,9,11H,4,8,10H2,1-3H3. The molecule has 110 valence electrons. The molecule has 0 bridgehead atoms. The molecule has 0 heterocycles. The van der Waals surface area contributed by atoms with E-state index in [0.717, 1.165) is 6.07 Å². The number of nitrogens with zero attached hydrogens (tertiary/aromatic N) is 2. The zero-order chi connectivity index (χ0) is 15.3. The van der Waals surface area contributed by atoms with Crippen LogP contribution in [-0.2, 0) is 10.0 Å². The lowest BCUT2D eigenvalue weighted by Gasteiger charge is -2.23. The summed E-state index contributed by atoms with van der Waals surface area (Å²) in [5, 5.41) is 8.65. The first-order chi connectivity index (χ1) is 9.28. The number of hydrogen-bond acceptors (Lipinski definition) is 3. The monoisotopic (exact) mass is 298 g/mol. The molecule has 0 radical (unpaired) electrons. The lowest BCUT2D eigenvalue weighted by Crippen LogP contribution is -2.35. The highest BCUT2D eigenvalue weighted by Gasteiger charge is 2.26. The molecule has 0 N–H and O–H groups in total. The van der Waals surface area contributed by atoms with Gasteiger partial charge in [0.2, 0.25) is 10.0 Å². The summed E-state index contributed by atoms with van der Waals surface area (Å²) in [6, 6.07) is 5.65. The van der Waals surface area contributed by atoms with Crippen LogP contribution in [0.2, 0.25) is 0 Å². The van der Waals surface area contributed by atoms with Crippen LogP contribution in [0.1, 0.15) is 25.8 Å². The molecule has 1 aromatic carbocycles. The van der Waals surface area contributed by atoms with E-state index >= 15 is 0 Å². The molecule has 0 amide bonds. The largest absolute Gasteiger partial charge is 0.243 e. The van der Waals surface area contributed by atoms with E-state index in [-0.39, 0.29) is 23.8 Å². The first kappa shape index (κ1) is 16.6. The molecule has 1 aromatic rings. The Morgan fingerprint density at radius 1 is 1.40 bits per heavy atom. The zero-order valence-corrected chi connectivity index (χ0v) is 12.7. The molecule has 0 saturated carbocycles. The molecule has 20 heavy (non-hydrogen) atoms. The van der Waals surface area contributed by atoms with Gasteiger partial charge >= 0.3 is 0 Å². The first-order valence-corrected chi connectivity index (χ1v) is 7.86. The normalized spacial score (nSPS) is 11.8. The summed E-state index contributed by atoms with van der Waals surface area (Å²) in [6.45, 7) is 5.85. The fourth-order valence-corrected chi connectivity index (χ4v) is 3.72. The fraction of sp³-hybridized carbons (Fsp3) is 0.500. The van der Waals surface area contributed by atoms with Crippen LogP contribution in [0, 0.1) is 30.0 Å². The Bertz CT molecular complexity index is 606. The maximum Gasteiger partial charge on any atom is 0.243 e. The quantitative estimate of drug-likeness (QED) is 0.811. The van der Waals surface area contributed by atoms with Crippen LogP contribution < -0.4 is 0 Å². The summed E-state index contributed by atoms with van der Waals surface area (Å²) in [4.78, 5) is -0.0314. The number of nitriles is 1. The molecule has 0 aliphatic carbocycles. The Morgan fingerprint density at radius 2 is 2.05 bits per heavy atom. The van der Waals surface area contributed by atoms with Crippen LogP contribution in [0.5, 0.6) is 0 Å². The third-order valence-corrected chi connectivity index (χ3v) is 4.82. The van der Waals surface area contributed by atoms with Crippen LogP contribution in [0.3, 0.4) is 0 Å². The van der Waals surface area contributed by atoms with Crippen LogP contribution in [0.15, 0.2) is 23.1 Å². The number of aryl methyl sites for hydroxylation is 1. The van der Waals surface area contributed by atoms with Crippen LogP contribution in [0.4, 0.5) is 4.39 Å². The second kappa shape index (κ2) is 6.82. The van der Waals surface area contributed by atoms with Gasteiger partial charge in [0.05, 0.1) is 11.0 Å². The van der Waals surface area contributed by atoms with Crippen LogP contribution in [-0.4, -0.2) is 25.8 Å². The second-order valence-corrected chi connectivity index (χ2v) is 6.98. The molecule has 0 aliphatic heterocycles. The highest BCUT2D eigenvalue weighted by atomic mass is 32.2. The number of rotatable bonds is 6. The van der Waals surface area contributed by atoms with Gasteiger partial charge < -0.3 is 0 Å². The van der Waals surface area contributed by atoms with E-state index in [0.29, 0.717) is 12.1 Å². The minimum absolute atomic E-state index is 0.0314. The molecule has 0 fully saturated rings. The van der Waals surface area contributed by atoms with Gasteiger partial charge in [0.15, 0.2) is 0 Å². The summed E-state index contributed by atoms with van der Waals surface area (Å²) in [5.74, 6) is -0.462. The van der Waals surface area contributed by atoms with E-state index < -0.39 is 15.8 Å². The lowest BCUT2D eigenvalue weighted by molar-refractivity contribution is 0.372. The predicted molar refractivity (Wildman–Crippen MR) is 75.0 cm³/mol. The lowest BCUT2D eigenvalue weighted by atomic mass is 10.2. The van der Waals surface area contributed by atoms with Gasteiger partial charge in [0.25, 0.3) is 0 Å². The second-order valence-electron chi connectivity index (χ2n) is 5.07. The van der Waals surface area contributed by atoms with Crippen molar-refractivity contribution in [1.29, 1.82) is 5.26 Å². The summed E-state index contributed by atoms with van der Waals surface area (Å²) < 4.78 is 39.8. The van der Waals surface area contributed by atoms with E-state index in [4.69, 9.17) is 5.26 Å². The minimum atomic E-state index is -3.78. The van der Waals surface area contributed by atoms with E-state index in [2.05, 4.69) is 0 Å². The van der Waals surface area contributed by atoms with Gasteiger partial charge in [-0.25, -0.2) is 12.8 Å². The summed E-state index contributed by atoms with van der Waals surface area (Å²) in [7, 11) is -3.78. The van der Waals surface area contributed by atoms with Gasteiger partial charge in [-0.3, -0.25) is 0 Å². The van der Waals surface area contributed by atoms with Crippen molar-refractivity contribution in [3.63, 3.8) is 0 Å². The van der Waals surface area contributed by atoms with Crippen molar-refractivity contribution in [1.82, 2.24) is 4.31 Å². The number of halogens is 1. The molecule has 0 atom stereocenters. The molecular weight excluding hydrogens is 279 g/mol.